The third kappa shape index (κ3) is 4.56. The number of carbonyl (C=O) groups excluding carboxylic acids is 2. The highest BCUT2D eigenvalue weighted by Gasteiger charge is 2.24. The molecule has 28 heavy (non-hydrogen) atoms. The molecule has 148 valence electrons. The molecule has 2 aromatic carbocycles. The molecular formula is C22H27N3O2S. The van der Waals surface area contributed by atoms with Gasteiger partial charge in [-0.2, -0.15) is 0 Å². The molecule has 0 radical (unpaired) electrons. The summed E-state index contributed by atoms with van der Waals surface area (Å²) in [7, 11) is 4.02. The van der Waals surface area contributed by atoms with Crippen LogP contribution in [0.1, 0.15) is 41.4 Å². The average Bonchev–Trinajstić information content (AvgIpc) is 2.68. The van der Waals surface area contributed by atoms with Gasteiger partial charge in [0.1, 0.15) is 0 Å². The standard InChI is InChI=1S/C22H27N3O2S/c1-5-15-6-8-16(9-7-15)19(25(3)4)13-23-22(27)17-10-11-20-18(12-17)24-21(26)14(2)28-20/h6-12,14,19H,5,13H2,1-4H3,(H,23,27)(H,24,26)/t14-,19-/m1/s1. The van der Waals surface area contributed by atoms with Crippen molar-refractivity contribution in [2.45, 2.75) is 36.5 Å². The minimum Gasteiger partial charge on any atom is -0.350 e. The van der Waals surface area contributed by atoms with Crippen LogP contribution >= 0.6 is 11.8 Å². The van der Waals surface area contributed by atoms with Crippen molar-refractivity contribution in [2.75, 3.05) is 26.0 Å². The van der Waals surface area contributed by atoms with Gasteiger partial charge in [0.2, 0.25) is 5.91 Å². The number of carbonyl (C=O) groups is 2. The van der Waals surface area contributed by atoms with Crippen molar-refractivity contribution in [1.82, 2.24) is 10.2 Å². The number of hydrogen-bond acceptors (Lipinski definition) is 4. The number of nitrogens with zero attached hydrogens (tertiary/aromatic N) is 1. The molecule has 0 bridgehead atoms. The van der Waals surface area contributed by atoms with Gasteiger partial charge in [0.25, 0.3) is 5.91 Å². The number of anilines is 1. The molecule has 0 aliphatic carbocycles. The van der Waals surface area contributed by atoms with E-state index in [1.54, 1.807) is 6.07 Å². The molecule has 3 rings (SSSR count). The number of benzene rings is 2. The highest BCUT2D eigenvalue weighted by atomic mass is 32.2. The van der Waals surface area contributed by atoms with E-state index in [4.69, 9.17) is 0 Å². The Balaban J connectivity index is 1.69. The lowest BCUT2D eigenvalue weighted by Gasteiger charge is -2.25. The van der Waals surface area contributed by atoms with E-state index in [-0.39, 0.29) is 23.1 Å². The Morgan fingerprint density at radius 1 is 1.21 bits per heavy atom. The van der Waals surface area contributed by atoms with Crippen molar-refractivity contribution < 1.29 is 9.59 Å². The van der Waals surface area contributed by atoms with Gasteiger partial charge in [0.15, 0.2) is 0 Å². The third-order valence-electron chi connectivity index (χ3n) is 5.02. The summed E-state index contributed by atoms with van der Waals surface area (Å²) in [5.74, 6) is -0.170. The first kappa shape index (κ1) is 20.4. The van der Waals surface area contributed by atoms with Crippen LogP contribution in [0.4, 0.5) is 5.69 Å². The lowest BCUT2D eigenvalue weighted by atomic mass is 10.0. The molecule has 0 aromatic heterocycles. The van der Waals surface area contributed by atoms with Crippen LogP contribution in [0.3, 0.4) is 0 Å². The van der Waals surface area contributed by atoms with Gasteiger partial charge < -0.3 is 15.5 Å². The Labute approximate surface area is 170 Å². The minimum atomic E-state index is -0.141. The highest BCUT2D eigenvalue weighted by Crippen LogP contribution is 2.35. The SMILES string of the molecule is CCc1ccc([C@@H](CNC(=O)c2ccc3c(c2)NC(=O)[C@@H](C)S3)N(C)C)cc1. The molecule has 2 atom stereocenters. The van der Waals surface area contributed by atoms with Crippen molar-refractivity contribution in [2.24, 2.45) is 0 Å². The van der Waals surface area contributed by atoms with Gasteiger partial charge >= 0.3 is 0 Å². The topological polar surface area (TPSA) is 61.4 Å². The van der Waals surface area contributed by atoms with Crippen molar-refractivity contribution >= 4 is 29.3 Å². The second-order valence-electron chi connectivity index (χ2n) is 7.24. The maximum Gasteiger partial charge on any atom is 0.251 e. The molecule has 5 nitrogen and oxygen atoms in total. The molecule has 0 saturated heterocycles. The molecule has 1 aliphatic heterocycles. The molecule has 0 fully saturated rings. The van der Waals surface area contributed by atoms with Crippen LogP contribution in [0.5, 0.6) is 0 Å². The van der Waals surface area contributed by atoms with E-state index in [0.717, 1.165) is 11.3 Å². The van der Waals surface area contributed by atoms with Gasteiger partial charge in [-0.3, -0.25) is 9.59 Å². The summed E-state index contributed by atoms with van der Waals surface area (Å²) >= 11 is 1.51. The predicted octanol–water partition coefficient (Wildman–Crippen LogP) is 3.71. The normalized spacial score (nSPS) is 17.0. The second kappa shape index (κ2) is 8.80. The molecule has 6 heteroatoms. The molecule has 1 heterocycles. The number of fused-ring (bicyclic) bond motifs is 1. The fourth-order valence-electron chi connectivity index (χ4n) is 3.22. The molecule has 0 spiro atoms. The van der Waals surface area contributed by atoms with E-state index in [1.165, 1.54) is 22.9 Å². The summed E-state index contributed by atoms with van der Waals surface area (Å²) in [5.41, 5.74) is 3.73. The van der Waals surface area contributed by atoms with Crippen molar-refractivity contribution in [1.29, 1.82) is 0 Å². The molecular weight excluding hydrogens is 370 g/mol. The molecule has 2 N–H and O–H groups in total. The number of aryl methyl sites for hydroxylation is 1. The average molecular weight is 398 g/mol. The Bertz CT molecular complexity index is 865. The van der Waals surface area contributed by atoms with Crippen molar-refractivity contribution in [3.63, 3.8) is 0 Å². The van der Waals surface area contributed by atoms with Crippen LogP contribution in [0, 0.1) is 0 Å². The molecule has 0 saturated carbocycles. The Morgan fingerprint density at radius 3 is 2.57 bits per heavy atom. The number of rotatable bonds is 6. The first-order chi connectivity index (χ1) is 13.4. The summed E-state index contributed by atoms with van der Waals surface area (Å²) in [6, 6.07) is 14.1. The summed E-state index contributed by atoms with van der Waals surface area (Å²) < 4.78 is 0. The molecule has 1 aliphatic rings. The van der Waals surface area contributed by atoms with E-state index in [9.17, 15) is 9.59 Å². The maximum absolute atomic E-state index is 12.7. The number of amides is 2. The van der Waals surface area contributed by atoms with Crippen molar-refractivity contribution in [3.05, 3.63) is 59.2 Å². The van der Waals surface area contributed by atoms with Crippen molar-refractivity contribution in [3.8, 4) is 0 Å². The maximum atomic E-state index is 12.7. The quantitative estimate of drug-likeness (QED) is 0.780. The third-order valence-corrected chi connectivity index (χ3v) is 6.20. The van der Waals surface area contributed by atoms with E-state index in [2.05, 4.69) is 46.7 Å². The van der Waals surface area contributed by atoms with Crippen LogP contribution < -0.4 is 10.6 Å². The van der Waals surface area contributed by atoms with Crippen LogP contribution in [-0.2, 0) is 11.2 Å². The number of hydrogen-bond donors (Lipinski definition) is 2. The van der Waals surface area contributed by atoms with Crippen LogP contribution in [-0.4, -0.2) is 42.6 Å². The second-order valence-corrected chi connectivity index (χ2v) is 8.63. The van der Waals surface area contributed by atoms with Crippen LogP contribution in [0.25, 0.3) is 0 Å². The van der Waals surface area contributed by atoms with Crippen LogP contribution in [0.2, 0.25) is 0 Å². The van der Waals surface area contributed by atoms with E-state index < -0.39 is 0 Å². The van der Waals surface area contributed by atoms with E-state index in [1.807, 2.05) is 33.2 Å². The fraction of sp³-hybridized carbons (Fsp3) is 0.364. The van der Waals surface area contributed by atoms with E-state index >= 15 is 0 Å². The minimum absolute atomic E-state index is 0.0294. The van der Waals surface area contributed by atoms with Gasteiger partial charge in [-0.25, -0.2) is 0 Å². The monoisotopic (exact) mass is 397 g/mol. The summed E-state index contributed by atoms with van der Waals surface area (Å²) in [6.07, 6.45) is 1.01. The molecule has 0 unspecified atom stereocenters. The Hall–Kier alpha value is -2.31. The lowest BCUT2D eigenvalue weighted by molar-refractivity contribution is -0.115. The van der Waals surface area contributed by atoms with Crippen LogP contribution in [0.15, 0.2) is 47.4 Å². The molecule has 2 aromatic rings. The van der Waals surface area contributed by atoms with E-state index in [0.29, 0.717) is 17.8 Å². The zero-order valence-corrected chi connectivity index (χ0v) is 17.6. The van der Waals surface area contributed by atoms with Gasteiger partial charge in [0.05, 0.1) is 17.0 Å². The number of likely N-dealkylation sites (N-methyl/N-ethyl adjacent to an activating group) is 1. The first-order valence-corrected chi connectivity index (χ1v) is 10.4. The smallest absolute Gasteiger partial charge is 0.251 e. The Morgan fingerprint density at radius 2 is 1.93 bits per heavy atom. The number of thioether (sulfide) groups is 1. The van der Waals surface area contributed by atoms with Gasteiger partial charge in [-0.05, 0) is 56.8 Å². The first-order valence-electron chi connectivity index (χ1n) is 9.54. The zero-order chi connectivity index (χ0) is 20.3. The summed E-state index contributed by atoms with van der Waals surface area (Å²) in [5, 5.41) is 5.79. The summed E-state index contributed by atoms with van der Waals surface area (Å²) in [4.78, 5) is 27.7. The summed E-state index contributed by atoms with van der Waals surface area (Å²) in [6.45, 7) is 4.52. The largest absolute Gasteiger partial charge is 0.350 e. The molecule has 2 amide bonds. The highest BCUT2D eigenvalue weighted by molar-refractivity contribution is 8.00. The fourth-order valence-corrected chi connectivity index (χ4v) is 4.15. The van der Waals surface area contributed by atoms with Gasteiger partial charge in [-0.1, -0.05) is 31.2 Å². The Kier molecular flexibility index (Phi) is 6.42. The zero-order valence-electron chi connectivity index (χ0n) is 16.8. The predicted molar refractivity (Wildman–Crippen MR) is 115 cm³/mol. The lowest BCUT2D eigenvalue weighted by Crippen LogP contribution is -2.34. The van der Waals surface area contributed by atoms with Gasteiger partial charge in [-0.15, -0.1) is 11.8 Å². The van der Waals surface area contributed by atoms with Gasteiger partial charge in [0, 0.05) is 17.0 Å². The number of nitrogens with one attached hydrogen (secondary N) is 2.